The maximum Gasteiger partial charge on any atom is 0.341 e. The molecule has 0 bridgehead atoms. The molecule has 1 aromatic heterocycles. The minimum Gasteiger partial charge on any atom is -0.462 e. The van der Waals surface area contributed by atoms with Crippen LogP contribution in [-0.2, 0) is 9.53 Å². The van der Waals surface area contributed by atoms with Crippen LogP contribution < -0.4 is 11.1 Å². The average molecular weight is 296 g/mol. The van der Waals surface area contributed by atoms with Gasteiger partial charge in [-0.3, -0.25) is 4.79 Å². The van der Waals surface area contributed by atoms with Crippen molar-refractivity contribution < 1.29 is 14.3 Å². The molecule has 2 rings (SSSR count). The van der Waals surface area contributed by atoms with Crippen LogP contribution in [0.4, 0.5) is 5.00 Å². The summed E-state index contributed by atoms with van der Waals surface area (Å²) < 4.78 is 4.97. The fraction of sp³-hybridized carbons (Fsp3) is 0.571. The molecule has 20 heavy (non-hydrogen) atoms. The van der Waals surface area contributed by atoms with Crippen LogP contribution in [0.3, 0.4) is 0 Å². The first-order valence-corrected chi connectivity index (χ1v) is 7.68. The molecule has 1 saturated carbocycles. The van der Waals surface area contributed by atoms with E-state index < -0.39 is 11.4 Å². The van der Waals surface area contributed by atoms with E-state index in [9.17, 15) is 9.59 Å². The Bertz CT molecular complexity index is 514. The summed E-state index contributed by atoms with van der Waals surface area (Å²) in [5.41, 5.74) is 5.88. The van der Waals surface area contributed by atoms with Gasteiger partial charge in [-0.1, -0.05) is 6.42 Å². The molecule has 1 aliphatic carbocycles. The van der Waals surface area contributed by atoms with E-state index >= 15 is 0 Å². The topological polar surface area (TPSA) is 81.4 Å². The summed E-state index contributed by atoms with van der Waals surface area (Å²) in [6.45, 7) is 3.95. The number of rotatable bonds is 4. The Morgan fingerprint density at radius 2 is 2.35 bits per heavy atom. The lowest BCUT2D eigenvalue weighted by Gasteiger charge is -2.27. The molecule has 0 saturated heterocycles. The molecular weight excluding hydrogens is 276 g/mol. The molecular formula is C14H20N2O3S. The Hall–Kier alpha value is -1.40. The minimum atomic E-state index is -0.560. The minimum absolute atomic E-state index is 0.115. The van der Waals surface area contributed by atoms with E-state index in [2.05, 4.69) is 5.32 Å². The largest absolute Gasteiger partial charge is 0.462 e. The van der Waals surface area contributed by atoms with E-state index in [1.807, 2.05) is 6.92 Å². The predicted molar refractivity (Wildman–Crippen MR) is 78.8 cm³/mol. The fourth-order valence-corrected chi connectivity index (χ4v) is 3.27. The number of esters is 1. The Labute approximate surface area is 122 Å². The third-order valence-corrected chi connectivity index (χ3v) is 4.77. The Morgan fingerprint density at radius 1 is 1.60 bits per heavy atom. The Balaban J connectivity index is 2.13. The molecule has 1 heterocycles. The van der Waals surface area contributed by atoms with E-state index in [0.29, 0.717) is 17.2 Å². The van der Waals surface area contributed by atoms with E-state index in [4.69, 9.17) is 10.5 Å². The van der Waals surface area contributed by atoms with Crippen LogP contribution in [-0.4, -0.2) is 24.5 Å². The van der Waals surface area contributed by atoms with Crippen molar-refractivity contribution in [2.24, 2.45) is 11.1 Å². The fourth-order valence-electron chi connectivity index (χ4n) is 2.50. The maximum absolute atomic E-state index is 12.4. The van der Waals surface area contributed by atoms with E-state index in [1.165, 1.54) is 11.3 Å². The molecule has 2 unspecified atom stereocenters. The van der Waals surface area contributed by atoms with Crippen LogP contribution in [0.15, 0.2) is 11.4 Å². The van der Waals surface area contributed by atoms with Crippen LogP contribution in [0, 0.1) is 5.41 Å². The number of nitrogens with two attached hydrogens (primary N) is 1. The normalized spacial score (nSPS) is 25.4. The molecule has 1 aliphatic rings. The van der Waals surface area contributed by atoms with Crippen molar-refractivity contribution in [3.8, 4) is 0 Å². The molecule has 1 fully saturated rings. The highest BCUT2D eigenvalue weighted by atomic mass is 32.1. The van der Waals surface area contributed by atoms with Crippen LogP contribution in [0.5, 0.6) is 0 Å². The second-order valence-corrected chi connectivity index (χ2v) is 6.17. The van der Waals surface area contributed by atoms with Crippen LogP contribution >= 0.6 is 11.3 Å². The van der Waals surface area contributed by atoms with Crippen molar-refractivity contribution in [2.75, 3.05) is 11.9 Å². The summed E-state index contributed by atoms with van der Waals surface area (Å²) in [4.78, 5) is 24.2. The van der Waals surface area contributed by atoms with Crippen molar-refractivity contribution in [1.29, 1.82) is 0 Å². The Morgan fingerprint density at radius 3 is 2.95 bits per heavy atom. The van der Waals surface area contributed by atoms with E-state index in [-0.39, 0.29) is 11.9 Å². The molecule has 1 aromatic rings. The summed E-state index contributed by atoms with van der Waals surface area (Å²) >= 11 is 1.32. The third-order valence-electron chi connectivity index (χ3n) is 3.94. The molecule has 6 heteroatoms. The van der Waals surface area contributed by atoms with Gasteiger partial charge in [0.15, 0.2) is 0 Å². The average Bonchev–Trinajstić information content (AvgIpc) is 2.98. The van der Waals surface area contributed by atoms with Crippen LogP contribution in [0.25, 0.3) is 0 Å². The summed E-state index contributed by atoms with van der Waals surface area (Å²) in [5, 5.41) is 5.14. The van der Waals surface area contributed by atoms with Crippen molar-refractivity contribution in [1.82, 2.24) is 0 Å². The first-order valence-electron chi connectivity index (χ1n) is 6.80. The van der Waals surface area contributed by atoms with Gasteiger partial charge in [-0.15, -0.1) is 11.3 Å². The lowest BCUT2D eigenvalue weighted by molar-refractivity contribution is -0.125. The summed E-state index contributed by atoms with van der Waals surface area (Å²) in [6, 6.07) is 1.53. The smallest absolute Gasteiger partial charge is 0.341 e. The van der Waals surface area contributed by atoms with Crippen molar-refractivity contribution in [3.05, 3.63) is 17.0 Å². The molecule has 0 aromatic carbocycles. The van der Waals surface area contributed by atoms with Crippen LogP contribution in [0.2, 0.25) is 0 Å². The Kier molecular flexibility index (Phi) is 4.45. The van der Waals surface area contributed by atoms with Gasteiger partial charge >= 0.3 is 5.97 Å². The number of thiophene rings is 1. The molecule has 110 valence electrons. The summed E-state index contributed by atoms with van der Waals surface area (Å²) in [5.74, 6) is -0.527. The van der Waals surface area contributed by atoms with Gasteiger partial charge in [0, 0.05) is 6.04 Å². The highest BCUT2D eigenvalue weighted by molar-refractivity contribution is 7.14. The number of anilines is 1. The lowest BCUT2D eigenvalue weighted by Crippen LogP contribution is -2.44. The number of carbonyl (C=O) groups is 2. The van der Waals surface area contributed by atoms with Gasteiger partial charge in [0.05, 0.1) is 17.6 Å². The number of carbonyl (C=O) groups excluding carboxylic acids is 2. The van der Waals surface area contributed by atoms with E-state index in [0.717, 1.165) is 19.3 Å². The molecule has 1 amide bonds. The zero-order valence-corrected chi connectivity index (χ0v) is 12.6. The van der Waals surface area contributed by atoms with E-state index in [1.54, 1.807) is 18.4 Å². The number of hydrogen-bond donors (Lipinski definition) is 2. The number of ether oxygens (including phenoxy) is 1. The first kappa shape index (κ1) is 15.0. The van der Waals surface area contributed by atoms with Crippen molar-refractivity contribution >= 4 is 28.2 Å². The highest BCUT2D eigenvalue weighted by Gasteiger charge is 2.43. The monoisotopic (exact) mass is 296 g/mol. The third kappa shape index (κ3) is 2.71. The maximum atomic E-state index is 12.4. The van der Waals surface area contributed by atoms with Crippen LogP contribution in [0.1, 0.15) is 43.5 Å². The van der Waals surface area contributed by atoms with Crippen molar-refractivity contribution in [3.63, 3.8) is 0 Å². The predicted octanol–water partition coefficient (Wildman–Crippen LogP) is 2.38. The standard InChI is InChI=1S/C14H20N2O3S/c1-3-19-12(17)9-6-8-20-11(9)16-13(18)14(2)7-4-5-10(14)15/h6,8,10H,3-5,7,15H2,1-2H3,(H,16,18). The number of nitrogens with one attached hydrogen (secondary N) is 1. The summed E-state index contributed by atoms with van der Waals surface area (Å²) in [7, 11) is 0. The zero-order chi connectivity index (χ0) is 14.8. The SMILES string of the molecule is CCOC(=O)c1ccsc1NC(=O)C1(C)CCCC1N. The molecule has 0 spiro atoms. The van der Waals surface area contributed by atoms with Gasteiger partial charge in [0.25, 0.3) is 0 Å². The summed E-state index contributed by atoms with van der Waals surface area (Å²) in [6.07, 6.45) is 2.60. The second kappa shape index (κ2) is 5.93. The van der Waals surface area contributed by atoms with Gasteiger partial charge in [-0.25, -0.2) is 4.79 Å². The van der Waals surface area contributed by atoms with Gasteiger partial charge in [-0.05, 0) is 38.1 Å². The van der Waals surface area contributed by atoms with Gasteiger partial charge in [0.1, 0.15) is 5.00 Å². The highest BCUT2D eigenvalue weighted by Crippen LogP contribution is 2.38. The zero-order valence-electron chi connectivity index (χ0n) is 11.8. The number of hydrogen-bond acceptors (Lipinski definition) is 5. The molecule has 5 nitrogen and oxygen atoms in total. The molecule has 0 radical (unpaired) electrons. The van der Waals surface area contributed by atoms with Gasteiger partial charge in [0.2, 0.25) is 5.91 Å². The molecule has 0 aliphatic heterocycles. The van der Waals surface area contributed by atoms with Gasteiger partial charge < -0.3 is 15.8 Å². The first-order chi connectivity index (χ1) is 9.49. The lowest BCUT2D eigenvalue weighted by atomic mass is 9.84. The molecule has 2 atom stereocenters. The van der Waals surface area contributed by atoms with Crippen molar-refractivity contribution in [2.45, 2.75) is 39.2 Å². The second-order valence-electron chi connectivity index (χ2n) is 5.25. The quantitative estimate of drug-likeness (QED) is 0.836. The number of amides is 1. The van der Waals surface area contributed by atoms with Gasteiger partial charge in [-0.2, -0.15) is 0 Å². The molecule has 3 N–H and O–H groups in total.